The second-order valence-corrected chi connectivity index (χ2v) is 5.67. The Morgan fingerprint density at radius 1 is 1.38 bits per heavy atom. The van der Waals surface area contributed by atoms with Crippen molar-refractivity contribution in [2.45, 2.75) is 45.6 Å². The summed E-state index contributed by atoms with van der Waals surface area (Å²) in [5, 5.41) is 13.4. The van der Waals surface area contributed by atoms with E-state index in [1.165, 1.54) is 4.68 Å². The van der Waals surface area contributed by atoms with Crippen LogP contribution in [0, 0.1) is 13.8 Å². The number of aliphatic hydroxyl groups is 1. The summed E-state index contributed by atoms with van der Waals surface area (Å²) in [5.74, 6) is -0.278. The van der Waals surface area contributed by atoms with E-state index in [0.29, 0.717) is 11.3 Å². The van der Waals surface area contributed by atoms with Gasteiger partial charge in [-0.2, -0.15) is 5.10 Å². The van der Waals surface area contributed by atoms with Crippen LogP contribution in [0.15, 0.2) is 4.79 Å². The van der Waals surface area contributed by atoms with Crippen LogP contribution in [0.3, 0.4) is 0 Å². The van der Waals surface area contributed by atoms with Crippen molar-refractivity contribution in [3.63, 3.8) is 0 Å². The van der Waals surface area contributed by atoms with Gasteiger partial charge in [-0.05, 0) is 32.3 Å². The molecule has 0 aromatic carbocycles. The predicted octanol–water partition coefficient (Wildman–Crippen LogP) is 0.774. The van der Waals surface area contributed by atoms with Gasteiger partial charge in [-0.25, -0.2) is 4.68 Å². The molecule has 0 saturated heterocycles. The van der Waals surface area contributed by atoms with Gasteiger partial charge in [-0.1, -0.05) is 12.8 Å². The van der Waals surface area contributed by atoms with E-state index in [1.807, 2.05) is 0 Å². The fraction of sp³-hybridized carbons (Fsp3) is 0.667. The lowest BCUT2D eigenvalue weighted by molar-refractivity contribution is 0.0634. The molecule has 2 rings (SSSR count). The lowest BCUT2D eigenvalue weighted by atomic mass is 10.1. The van der Waals surface area contributed by atoms with Crippen LogP contribution in [0.5, 0.6) is 0 Å². The maximum absolute atomic E-state index is 12.8. The molecule has 6 heteroatoms. The zero-order valence-electron chi connectivity index (χ0n) is 12.9. The standard InChI is InChI=1S/C15H23N3O3/c1-10-11(2)16-17(3)14(20)13(10)15(21)18(8-9-19)12-6-4-5-7-12/h12,19H,4-9H2,1-3H3. The first kappa shape index (κ1) is 15.7. The molecule has 1 aromatic rings. The second kappa shape index (κ2) is 6.39. The number of rotatable bonds is 4. The minimum atomic E-state index is -0.371. The molecule has 0 unspecified atom stereocenters. The van der Waals surface area contributed by atoms with Gasteiger partial charge < -0.3 is 10.0 Å². The normalized spacial score (nSPS) is 15.4. The molecule has 0 aliphatic heterocycles. The van der Waals surface area contributed by atoms with E-state index in [0.717, 1.165) is 25.7 Å². The topological polar surface area (TPSA) is 75.4 Å². The van der Waals surface area contributed by atoms with Crippen molar-refractivity contribution in [1.29, 1.82) is 0 Å². The smallest absolute Gasteiger partial charge is 0.279 e. The second-order valence-electron chi connectivity index (χ2n) is 5.67. The van der Waals surface area contributed by atoms with Crippen molar-refractivity contribution in [2.75, 3.05) is 13.2 Å². The molecule has 21 heavy (non-hydrogen) atoms. The molecule has 0 bridgehead atoms. The number of aryl methyl sites for hydroxylation is 2. The number of hydrogen-bond acceptors (Lipinski definition) is 4. The predicted molar refractivity (Wildman–Crippen MR) is 79.3 cm³/mol. The van der Waals surface area contributed by atoms with Crippen LogP contribution in [-0.4, -0.2) is 44.9 Å². The molecular weight excluding hydrogens is 270 g/mol. The maximum atomic E-state index is 12.8. The third kappa shape index (κ3) is 3.00. The molecule has 1 saturated carbocycles. The molecule has 1 amide bonds. The van der Waals surface area contributed by atoms with Crippen LogP contribution < -0.4 is 5.56 Å². The van der Waals surface area contributed by atoms with Crippen LogP contribution in [0.25, 0.3) is 0 Å². The quantitative estimate of drug-likeness (QED) is 0.890. The molecule has 1 N–H and O–H groups in total. The van der Waals surface area contributed by atoms with Crippen molar-refractivity contribution in [3.05, 3.63) is 27.2 Å². The molecule has 6 nitrogen and oxygen atoms in total. The molecule has 1 fully saturated rings. The van der Waals surface area contributed by atoms with Gasteiger partial charge in [-0.15, -0.1) is 0 Å². The fourth-order valence-corrected chi connectivity index (χ4v) is 3.02. The van der Waals surface area contributed by atoms with Gasteiger partial charge in [0.25, 0.3) is 11.5 Å². The van der Waals surface area contributed by atoms with E-state index in [1.54, 1.807) is 25.8 Å². The Balaban J connectivity index is 2.43. The highest BCUT2D eigenvalue weighted by molar-refractivity contribution is 5.95. The highest BCUT2D eigenvalue weighted by Gasteiger charge is 2.30. The van der Waals surface area contributed by atoms with Gasteiger partial charge in [0, 0.05) is 19.6 Å². The monoisotopic (exact) mass is 293 g/mol. The lowest BCUT2D eigenvalue weighted by Crippen LogP contribution is -2.44. The van der Waals surface area contributed by atoms with Crippen LogP contribution in [0.1, 0.15) is 47.3 Å². The third-order valence-electron chi connectivity index (χ3n) is 4.31. The van der Waals surface area contributed by atoms with E-state index >= 15 is 0 Å². The van der Waals surface area contributed by atoms with Gasteiger partial charge in [0.1, 0.15) is 5.56 Å². The van der Waals surface area contributed by atoms with E-state index in [4.69, 9.17) is 0 Å². The molecule has 0 radical (unpaired) electrons. The highest BCUT2D eigenvalue weighted by Crippen LogP contribution is 2.25. The molecule has 1 aliphatic rings. The Bertz CT molecular complexity index is 589. The average Bonchev–Trinajstić information content (AvgIpc) is 2.96. The summed E-state index contributed by atoms with van der Waals surface area (Å²) < 4.78 is 1.21. The molecular formula is C15H23N3O3. The van der Waals surface area contributed by atoms with Crippen LogP contribution >= 0.6 is 0 Å². The Hall–Kier alpha value is -1.69. The number of carbonyl (C=O) groups excluding carboxylic acids is 1. The maximum Gasteiger partial charge on any atom is 0.279 e. The summed E-state index contributed by atoms with van der Waals surface area (Å²) in [6.45, 7) is 3.72. The van der Waals surface area contributed by atoms with E-state index < -0.39 is 0 Å². The molecule has 1 heterocycles. The summed E-state index contributed by atoms with van der Waals surface area (Å²) >= 11 is 0. The molecule has 116 valence electrons. The minimum absolute atomic E-state index is 0.0916. The summed E-state index contributed by atoms with van der Waals surface area (Å²) in [6.07, 6.45) is 4.06. The molecule has 1 aliphatic carbocycles. The van der Waals surface area contributed by atoms with E-state index in [2.05, 4.69) is 5.10 Å². The van der Waals surface area contributed by atoms with Crippen molar-refractivity contribution in [1.82, 2.24) is 14.7 Å². The number of carbonyl (C=O) groups is 1. The number of nitrogens with zero attached hydrogens (tertiary/aromatic N) is 3. The summed E-state index contributed by atoms with van der Waals surface area (Å²) in [5.41, 5.74) is 1.12. The van der Waals surface area contributed by atoms with Crippen molar-refractivity contribution < 1.29 is 9.90 Å². The third-order valence-corrected chi connectivity index (χ3v) is 4.31. The first-order valence-electron chi connectivity index (χ1n) is 7.43. The van der Waals surface area contributed by atoms with Gasteiger partial charge in [-0.3, -0.25) is 9.59 Å². The SMILES string of the molecule is Cc1nn(C)c(=O)c(C(=O)N(CCO)C2CCCC2)c1C. The van der Waals surface area contributed by atoms with Gasteiger partial charge >= 0.3 is 0 Å². The van der Waals surface area contributed by atoms with Gasteiger partial charge in [0.15, 0.2) is 0 Å². The summed E-state index contributed by atoms with van der Waals surface area (Å²) in [7, 11) is 1.55. The van der Waals surface area contributed by atoms with Crippen molar-refractivity contribution in [3.8, 4) is 0 Å². The Morgan fingerprint density at radius 2 is 2.00 bits per heavy atom. The first-order chi connectivity index (χ1) is 9.97. The van der Waals surface area contributed by atoms with Gasteiger partial charge in [0.2, 0.25) is 0 Å². The van der Waals surface area contributed by atoms with E-state index in [9.17, 15) is 14.7 Å². The number of hydrogen-bond donors (Lipinski definition) is 1. The van der Waals surface area contributed by atoms with E-state index in [-0.39, 0.29) is 36.2 Å². The number of aliphatic hydroxyl groups excluding tert-OH is 1. The minimum Gasteiger partial charge on any atom is -0.395 e. The lowest BCUT2D eigenvalue weighted by Gasteiger charge is -2.28. The molecule has 1 aromatic heterocycles. The molecule has 0 spiro atoms. The Labute approximate surface area is 124 Å². The largest absolute Gasteiger partial charge is 0.395 e. The van der Waals surface area contributed by atoms with Crippen LogP contribution in [0.4, 0.5) is 0 Å². The zero-order chi connectivity index (χ0) is 15.6. The first-order valence-corrected chi connectivity index (χ1v) is 7.43. The highest BCUT2D eigenvalue weighted by atomic mass is 16.3. The number of amides is 1. The van der Waals surface area contributed by atoms with Crippen molar-refractivity contribution >= 4 is 5.91 Å². The average molecular weight is 293 g/mol. The van der Waals surface area contributed by atoms with Crippen LogP contribution in [-0.2, 0) is 7.05 Å². The zero-order valence-corrected chi connectivity index (χ0v) is 12.9. The van der Waals surface area contributed by atoms with Crippen molar-refractivity contribution in [2.24, 2.45) is 7.05 Å². The Kier molecular flexibility index (Phi) is 4.77. The summed E-state index contributed by atoms with van der Waals surface area (Å²) in [4.78, 5) is 26.8. The number of aromatic nitrogens is 2. The Morgan fingerprint density at radius 3 is 2.57 bits per heavy atom. The molecule has 0 atom stereocenters. The summed E-state index contributed by atoms with van der Waals surface area (Å²) in [6, 6.07) is 0.127. The fourth-order valence-electron chi connectivity index (χ4n) is 3.02. The van der Waals surface area contributed by atoms with Gasteiger partial charge in [0.05, 0.1) is 12.3 Å². The van der Waals surface area contributed by atoms with Crippen LogP contribution in [0.2, 0.25) is 0 Å².